The average Bonchev–Trinajstić information content (AvgIpc) is 2.86. The van der Waals surface area contributed by atoms with Crippen molar-refractivity contribution in [2.75, 3.05) is 7.05 Å². The van der Waals surface area contributed by atoms with Crippen molar-refractivity contribution >= 4 is 17.9 Å². The van der Waals surface area contributed by atoms with Crippen LogP contribution < -0.4 is 10.6 Å². The van der Waals surface area contributed by atoms with Gasteiger partial charge < -0.3 is 5.11 Å². The minimum absolute atomic E-state index is 0.505. The van der Waals surface area contributed by atoms with Gasteiger partial charge in [-0.25, -0.2) is 4.67 Å². The first-order valence-corrected chi connectivity index (χ1v) is 12.0. The second-order valence-electron chi connectivity index (χ2n) is 7.53. The van der Waals surface area contributed by atoms with Crippen LogP contribution in [-0.2, 0) is 4.57 Å². The number of aliphatic hydroxyl groups excluding tert-OH is 1. The highest BCUT2D eigenvalue weighted by atomic mass is 31.2. The summed E-state index contributed by atoms with van der Waals surface area (Å²) in [4.78, 5) is 0. The van der Waals surface area contributed by atoms with Crippen LogP contribution in [0.15, 0.2) is 121 Å². The Balaban J connectivity index is 1.89. The quantitative estimate of drug-likeness (QED) is 0.406. The standard InChI is InChI=1S/C27H26NO2P/c1-28(31(30,24-18-10-4-11-19-24)25-20-12-5-13-21-25)26(22-14-6-2-7-15-22)27(29)23-16-8-3-9-17-23/h2-21,26-27,29H,1H3/t26-,27+/m1/s1. The Bertz CT molecular complexity index is 1090. The fourth-order valence-electron chi connectivity index (χ4n) is 4.03. The molecule has 0 aliphatic heterocycles. The fraction of sp³-hybridized carbons (Fsp3) is 0.111. The Kier molecular flexibility index (Phi) is 6.48. The molecule has 0 fully saturated rings. The molecule has 0 spiro atoms. The summed E-state index contributed by atoms with van der Waals surface area (Å²) in [5, 5.41) is 13.0. The Morgan fingerprint density at radius 1 is 0.613 bits per heavy atom. The maximum atomic E-state index is 14.9. The maximum Gasteiger partial charge on any atom is 0.207 e. The second-order valence-corrected chi connectivity index (χ2v) is 10.3. The van der Waals surface area contributed by atoms with Gasteiger partial charge >= 0.3 is 0 Å². The van der Waals surface area contributed by atoms with Gasteiger partial charge in [-0.15, -0.1) is 0 Å². The normalized spacial score (nSPS) is 13.6. The Labute approximate surface area is 184 Å². The molecule has 156 valence electrons. The highest BCUT2D eigenvalue weighted by Crippen LogP contribution is 2.53. The Morgan fingerprint density at radius 3 is 1.39 bits per heavy atom. The van der Waals surface area contributed by atoms with Crippen molar-refractivity contribution in [2.45, 2.75) is 12.1 Å². The summed E-state index contributed by atoms with van der Waals surface area (Å²) in [7, 11) is -1.39. The summed E-state index contributed by atoms with van der Waals surface area (Å²) in [5.74, 6) is 0. The highest BCUT2D eigenvalue weighted by Gasteiger charge is 2.40. The number of hydrogen-bond donors (Lipinski definition) is 1. The number of aliphatic hydroxyl groups is 1. The third-order valence-corrected chi connectivity index (χ3v) is 8.77. The molecule has 0 heterocycles. The molecule has 4 heteroatoms. The van der Waals surface area contributed by atoms with E-state index in [1.807, 2.05) is 133 Å². The van der Waals surface area contributed by atoms with Crippen molar-refractivity contribution < 1.29 is 9.67 Å². The van der Waals surface area contributed by atoms with E-state index in [1.54, 1.807) is 0 Å². The highest BCUT2D eigenvalue weighted by molar-refractivity contribution is 7.76. The second kappa shape index (κ2) is 9.45. The van der Waals surface area contributed by atoms with Crippen LogP contribution in [0.1, 0.15) is 23.3 Å². The minimum Gasteiger partial charge on any atom is -0.386 e. The molecule has 1 N–H and O–H groups in total. The van der Waals surface area contributed by atoms with E-state index in [2.05, 4.69) is 0 Å². The van der Waals surface area contributed by atoms with Gasteiger partial charge in [0.25, 0.3) is 0 Å². The number of benzene rings is 4. The molecular weight excluding hydrogens is 401 g/mol. The van der Waals surface area contributed by atoms with Gasteiger partial charge in [-0.1, -0.05) is 97.1 Å². The first kappa shape index (κ1) is 21.3. The number of likely N-dealkylation sites (N-methyl/N-ethyl adjacent to an activating group) is 1. The van der Waals surface area contributed by atoms with Gasteiger partial charge in [0, 0.05) is 10.6 Å². The van der Waals surface area contributed by atoms with Crippen molar-refractivity contribution in [1.29, 1.82) is 0 Å². The molecule has 0 radical (unpaired) electrons. The monoisotopic (exact) mass is 427 g/mol. The van der Waals surface area contributed by atoms with Gasteiger partial charge in [0.05, 0.1) is 12.1 Å². The lowest BCUT2D eigenvalue weighted by Gasteiger charge is -2.38. The van der Waals surface area contributed by atoms with Gasteiger partial charge in [-0.3, -0.25) is 4.57 Å². The smallest absolute Gasteiger partial charge is 0.207 e. The van der Waals surface area contributed by atoms with E-state index in [1.165, 1.54) is 0 Å². The summed E-state index contributed by atoms with van der Waals surface area (Å²) >= 11 is 0. The van der Waals surface area contributed by atoms with Crippen molar-refractivity contribution in [3.05, 3.63) is 132 Å². The fourth-order valence-corrected chi connectivity index (χ4v) is 6.82. The predicted molar refractivity (Wildman–Crippen MR) is 128 cm³/mol. The molecule has 3 nitrogen and oxygen atoms in total. The Morgan fingerprint density at radius 2 is 0.968 bits per heavy atom. The zero-order valence-corrected chi connectivity index (χ0v) is 18.3. The molecule has 0 aliphatic carbocycles. The summed E-state index contributed by atoms with van der Waals surface area (Å²) < 4.78 is 16.7. The van der Waals surface area contributed by atoms with E-state index in [0.717, 1.165) is 21.7 Å². The van der Waals surface area contributed by atoms with Gasteiger partial charge in [-0.2, -0.15) is 0 Å². The van der Waals surface area contributed by atoms with Crippen LogP contribution in [0.4, 0.5) is 0 Å². The van der Waals surface area contributed by atoms with Crippen LogP contribution in [0.5, 0.6) is 0 Å². The molecule has 0 amide bonds. The number of nitrogens with zero attached hydrogens (tertiary/aromatic N) is 1. The molecular formula is C27H26NO2P. The van der Waals surface area contributed by atoms with E-state index in [9.17, 15) is 9.67 Å². The molecule has 4 aromatic rings. The van der Waals surface area contributed by atoms with Crippen molar-refractivity contribution in [3.63, 3.8) is 0 Å². The largest absolute Gasteiger partial charge is 0.386 e. The molecule has 0 aromatic heterocycles. The van der Waals surface area contributed by atoms with Crippen molar-refractivity contribution in [2.24, 2.45) is 0 Å². The average molecular weight is 427 g/mol. The summed E-state index contributed by atoms with van der Waals surface area (Å²) in [5.41, 5.74) is 1.70. The molecule has 4 rings (SSSR count). The van der Waals surface area contributed by atoms with Gasteiger partial charge in [-0.05, 0) is 42.4 Å². The lowest BCUT2D eigenvalue weighted by atomic mass is 9.96. The Hall–Kier alpha value is -2.97. The molecule has 0 unspecified atom stereocenters. The summed E-state index contributed by atoms with van der Waals surface area (Å²) in [6, 6.07) is 38.0. The maximum absolute atomic E-state index is 14.9. The lowest BCUT2D eigenvalue weighted by Crippen LogP contribution is -2.35. The first-order chi connectivity index (χ1) is 15.1. The van der Waals surface area contributed by atoms with Crippen molar-refractivity contribution in [1.82, 2.24) is 4.67 Å². The third-order valence-electron chi connectivity index (χ3n) is 5.64. The van der Waals surface area contributed by atoms with Gasteiger partial charge in [0.1, 0.15) is 0 Å². The number of rotatable bonds is 7. The van der Waals surface area contributed by atoms with Crippen LogP contribution in [-0.4, -0.2) is 16.8 Å². The minimum atomic E-state index is -3.24. The van der Waals surface area contributed by atoms with Crippen molar-refractivity contribution in [3.8, 4) is 0 Å². The molecule has 0 aliphatic rings. The van der Waals surface area contributed by atoms with Crippen LogP contribution in [0.3, 0.4) is 0 Å². The van der Waals surface area contributed by atoms with Crippen LogP contribution in [0, 0.1) is 0 Å². The van der Waals surface area contributed by atoms with E-state index in [0.29, 0.717) is 0 Å². The summed E-state index contributed by atoms with van der Waals surface area (Å²) in [6.45, 7) is 0. The third kappa shape index (κ3) is 4.26. The first-order valence-electron chi connectivity index (χ1n) is 10.3. The molecule has 0 saturated carbocycles. The van der Waals surface area contributed by atoms with E-state index in [4.69, 9.17) is 0 Å². The topological polar surface area (TPSA) is 40.5 Å². The van der Waals surface area contributed by atoms with E-state index >= 15 is 0 Å². The van der Waals surface area contributed by atoms with Gasteiger partial charge in [0.2, 0.25) is 7.29 Å². The SMILES string of the molecule is CN([C@H](c1ccccc1)[C@@H](O)c1ccccc1)P(=O)(c1ccccc1)c1ccccc1. The van der Waals surface area contributed by atoms with Crippen LogP contribution >= 0.6 is 7.29 Å². The number of hydrogen-bond acceptors (Lipinski definition) is 2. The van der Waals surface area contributed by atoms with E-state index < -0.39 is 19.4 Å². The zero-order valence-electron chi connectivity index (χ0n) is 17.5. The van der Waals surface area contributed by atoms with Gasteiger partial charge in [0.15, 0.2) is 0 Å². The molecule has 31 heavy (non-hydrogen) atoms. The van der Waals surface area contributed by atoms with Crippen LogP contribution in [0.25, 0.3) is 0 Å². The molecule has 0 saturated heterocycles. The van der Waals surface area contributed by atoms with E-state index in [-0.39, 0.29) is 0 Å². The van der Waals surface area contributed by atoms with Crippen LogP contribution in [0.2, 0.25) is 0 Å². The lowest BCUT2D eigenvalue weighted by molar-refractivity contribution is 0.0987. The molecule has 2 atom stereocenters. The summed E-state index contributed by atoms with van der Waals surface area (Å²) in [6.07, 6.45) is -0.852. The zero-order chi connectivity index (χ0) is 21.7. The predicted octanol–water partition coefficient (Wildman–Crippen LogP) is 5.32. The molecule has 0 bridgehead atoms. The molecule has 4 aromatic carbocycles.